The zero-order chi connectivity index (χ0) is 14.1. The van der Waals surface area contributed by atoms with Crippen LogP contribution in [0.4, 0.5) is 0 Å². The smallest absolute Gasteiger partial charge is 0.315 e. The van der Waals surface area contributed by atoms with Gasteiger partial charge >= 0.3 is 5.97 Å². The van der Waals surface area contributed by atoms with E-state index in [0.717, 1.165) is 0 Å². The number of fused-ring (bicyclic) bond motifs is 1. The third-order valence-electron chi connectivity index (χ3n) is 4.30. The number of carbonyl (C=O) groups is 3. The van der Waals surface area contributed by atoms with Crippen LogP contribution in [0.3, 0.4) is 0 Å². The van der Waals surface area contributed by atoms with Gasteiger partial charge in [-0.1, -0.05) is 18.2 Å². The fraction of sp³-hybridized carbons (Fsp3) is 0.533. The van der Waals surface area contributed by atoms with E-state index in [1.54, 1.807) is 19.9 Å². The Bertz CT molecular complexity index is 477. The molecule has 4 heteroatoms. The van der Waals surface area contributed by atoms with E-state index >= 15 is 0 Å². The molecule has 2 aliphatic carbocycles. The third kappa shape index (κ3) is 1.86. The maximum atomic E-state index is 12.2. The molecule has 0 aromatic heterocycles. The van der Waals surface area contributed by atoms with E-state index in [1.165, 1.54) is 6.08 Å². The van der Waals surface area contributed by atoms with E-state index in [-0.39, 0.29) is 24.3 Å². The summed E-state index contributed by atoms with van der Waals surface area (Å²) in [5.41, 5.74) is -2.03. The van der Waals surface area contributed by atoms with Gasteiger partial charge in [-0.2, -0.15) is 0 Å². The number of aldehydes is 1. The molecule has 0 bridgehead atoms. The molecular formula is C15H18O4. The van der Waals surface area contributed by atoms with Crippen molar-refractivity contribution in [3.05, 3.63) is 24.3 Å². The highest BCUT2D eigenvalue weighted by Gasteiger charge is 2.57. The molecule has 0 spiro atoms. The molecule has 0 saturated heterocycles. The number of ketones is 1. The molecule has 3 atom stereocenters. The van der Waals surface area contributed by atoms with Crippen LogP contribution in [-0.2, 0) is 19.1 Å². The van der Waals surface area contributed by atoms with Gasteiger partial charge < -0.3 is 9.53 Å². The summed E-state index contributed by atoms with van der Waals surface area (Å²) < 4.78 is 5.12. The molecule has 0 aliphatic heterocycles. The van der Waals surface area contributed by atoms with Crippen molar-refractivity contribution in [1.29, 1.82) is 0 Å². The first kappa shape index (κ1) is 13.7. The summed E-state index contributed by atoms with van der Waals surface area (Å²) in [6.45, 7) is 3.77. The molecule has 0 unspecified atom stereocenters. The Morgan fingerprint density at radius 1 is 1.53 bits per heavy atom. The zero-order valence-electron chi connectivity index (χ0n) is 11.2. The maximum Gasteiger partial charge on any atom is 0.315 e. The van der Waals surface area contributed by atoms with Gasteiger partial charge in [-0.25, -0.2) is 0 Å². The molecule has 2 aliphatic rings. The summed E-state index contributed by atoms with van der Waals surface area (Å²) in [5.74, 6) is -0.942. The van der Waals surface area contributed by atoms with Crippen molar-refractivity contribution in [2.45, 2.75) is 26.7 Å². The van der Waals surface area contributed by atoms with Crippen molar-refractivity contribution in [2.75, 3.05) is 6.61 Å². The molecule has 0 saturated carbocycles. The van der Waals surface area contributed by atoms with Crippen molar-refractivity contribution < 1.29 is 19.1 Å². The van der Waals surface area contributed by atoms with E-state index < -0.39 is 10.8 Å². The van der Waals surface area contributed by atoms with Gasteiger partial charge in [0.05, 0.1) is 17.4 Å². The Kier molecular flexibility index (Phi) is 3.43. The van der Waals surface area contributed by atoms with Crippen LogP contribution >= 0.6 is 0 Å². The van der Waals surface area contributed by atoms with Crippen molar-refractivity contribution >= 4 is 18.0 Å². The molecule has 0 N–H and O–H groups in total. The van der Waals surface area contributed by atoms with Crippen LogP contribution in [-0.4, -0.2) is 24.6 Å². The van der Waals surface area contributed by atoms with Gasteiger partial charge in [-0.05, 0) is 32.8 Å². The van der Waals surface area contributed by atoms with Gasteiger partial charge in [-0.3, -0.25) is 9.59 Å². The summed E-state index contributed by atoms with van der Waals surface area (Å²) in [6, 6.07) is 0. The van der Waals surface area contributed by atoms with Gasteiger partial charge in [0.1, 0.15) is 6.29 Å². The summed E-state index contributed by atoms with van der Waals surface area (Å²) >= 11 is 0. The maximum absolute atomic E-state index is 12.2. The van der Waals surface area contributed by atoms with E-state index in [4.69, 9.17) is 4.74 Å². The second kappa shape index (κ2) is 4.76. The lowest BCUT2D eigenvalue weighted by Gasteiger charge is -2.46. The Balaban J connectivity index is 2.50. The SMILES string of the molecule is CCOC(=O)[C@@]1(C)C=CC(=O)[C@@]2(C=O)CC=CC[C@@H]12. The minimum atomic E-state index is -1.11. The first-order valence-corrected chi connectivity index (χ1v) is 6.53. The Labute approximate surface area is 112 Å². The van der Waals surface area contributed by atoms with E-state index in [1.807, 2.05) is 12.2 Å². The van der Waals surface area contributed by atoms with Crippen LogP contribution in [0.5, 0.6) is 0 Å². The highest BCUT2D eigenvalue weighted by atomic mass is 16.5. The number of rotatable bonds is 3. The average molecular weight is 262 g/mol. The predicted molar refractivity (Wildman–Crippen MR) is 69.2 cm³/mol. The molecule has 102 valence electrons. The van der Waals surface area contributed by atoms with Crippen molar-refractivity contribution in [3.63, 3.8) is 0 Å². The third-order valence-corrected chi connectivity index (χ3v) is 4.30. The number of hydrogen-bond acceptors (Lipinski definition) is 4. The van der Waals surface area contributed by atoms with E-state index in [0.29, 0.717) is 19.1 Å². The molecular weight excluding hydrogens is 244 g/mol. The first-order chi connectivity index (χ1) is 9.01. The molecule has 0 aromatic rings. The van der Waals surface area contributed by atoms with Crippen LogP contribution in [0, 0.1) is 16.7 Å². The first-order valence-electron chi connectivity index (χ1n) is 6.53. The summed E-state index contributed by atoms with van der Waals surface area (Å²) in [7, 11) is 0. The minimum absolute atomic E-state index is 0.210. The second-order valence-electron chi connectivity index (χ2n) is 5.32. The number of carbonyl (C=O) groups excluding carboxylic acids is 3. The lowest BCUT2D eigenvalue weighted by molar-refractivity contribution is -0.160. The van der Waals surface area contributed by atoms with Gasteiger partial charge in [0, 0.05) is 5.92 Å². The number of esters is 1. The average Bonchev–Trinajstić information content (AvgIpc) is 2.43. The van der Waals surface area contributed by atoms with Crippen molar-refractivity contribution in [1.82, 2.24) is 0 Å². The molecule has 2 rings (SSSR count). The quantitative estimate of drug-likeness (QED) is 0.337. The molecule has 0 amide bonds. The highest BCUT2D eigenvalue weighted by molar-refractivity contribution is 6.08. The number of allylic oxidation sites excluding steroid dienone is 3. The Hall–Kier alpha value is -1.71. The van der Waals surface area contributed by atoms with Crippen molar-refractivity contribution in [3.8, 4) is 0 Å². The van der Waals surface area contributed by atoms with Gasteiger partial charge in [0.15, 0.2) is 5.78 Å². The molecule has 19 heavy (non-hydrogen) atoms. The molecule has 0 radical (unpaired) electrons. The molecule has 0 fully saturated rings. The number of hydrogen-bond donors (Lipinski definition) is 0. The lowest BCUT2D eigenvalue weighted by Crippen LogP contribution is -2.53. The van der Waals surface area contributed by atoms with Gasteiger partial charge in [0.25, 0.3) is 0 Å². The minimum Gasteiger partial charge on any atom is -0.465 e. The normalized spacial score (nSPS) is 36.7. The van der Waals surface area contributed by atoms with Crippen LogP contribution in [0.25, 0.3) is 0 Å². The van der Waals surface area contributed by atoms with E-state index in [2.05, 4.69) is 0 Å². The van der Waals surface area contributed by atoms with Gasteiger partial charge in [0.2, 0.25) is 0 Å². The second-order valence-corrected chi connectivity index (χ2v) is 5.32. The summed E-state index contributed by atoms with van der Waals surface area (Å²) in [5, 5.41) is 0. The predicted octanol–water partition coefficient (Wildman–Crippen LogP) is 1.85. The standard InChI is InChI=1S/C15H18O4/c1-3-19-13(18)14(2)9-7-12(17)15(10-16)8-5-4-6-11(14)15/h4-5,7,9-11H,3,6,8H2,1-2H3/t11-,14-,15+/m0/s1. The summed E-state index contributed by atoms with van der Waals surface area (Å²) in [6.07, 6.45) is 8.33. The largest absolute Gasteiger partial charge is 0.465 e. The number of ether oxygens (including phenoxy) is 1. The molecule has 0 aromatic carbocycles. The molecule has 0 heterocycles. The summed E-state index contributed by atoms with van der Waals surface area (Å²) in [4.78, 5) is 35.9. The van der Waals surface area contributed by atoms with Crippen molar-refractivity contribution in [2.24, 2.45) is 16.7 Å². The van der Waals surface area contributed by atoms with Crippen LogP contribution in [0.2, 0.25) is 0 Å². The Morgan fingerprint density at radius 3 is 2.89 bits per heavy atom. The fourth-order valence-electron chi connectivity index (χ4n) is 3.12. The zero-order valence-corrected chi connectivity index (χ0v) is 11.2. The lowest BCUT2D eigenvalue weighted by atomic mass is 9.54. The van der Waals surface area contributed by atoms with Crippen LogP contribution in [0.15, 0.2) is 24.3 Å². The fourth-order valence-corrected chi connectivity index (χ4v) is 3.12. The van der Waals surface area contributed by atoms with Crippen LogP contribution < -0.4 is 0 Å². The highest BCUT2D eigenvalue weighted by Crippen LogP contribution is 2.51. The topological polar surface area (TPSA) is 60.4 Å². The van der Waals surface area contributed by atoms with E-state index in [9.17, 15) is 14.4 Å². The van der Waals surface area contributed by atoms with Gasteiger partial charge in [-0.15, -0.1) is 0 Å². The molecule has 4 nitrogen and oxygen atoms in total. The monoisotopic (exact) mass is 262 g/mol. The Morgan fingerprint density at radius 2 is 2.26 bits per heavy atom. The van der Waals surface area contributed by atoms with Crippen LogP contribution in [0.1, 0.15) is 26.7 Å².